The Labute approximate surface area is 156 Å². The van der Waals surface area contributed by atoms with E-state index in [-0.39, 0.29) is 34.8 Å². The zero-order valence-electron chi connectivity index (χ0n) is 15.2. The lowest BCUT2D eigenvalue weighted by atomic mass is 10.1. The van der Waals surface area contributed by atoms with Crippen molar-refractivity contribution in [2.45, 2.75) is 12.3 Å². The van der Waals surface area contributed by atoms with Crippen molar-refractivity contribution in [3.8, 4) is 11.5 Å². The first-order chi connectivity index (χ1) is 13.0. The quantitative estimate of drug-likeness (QED) is 0.786. The van der Waals surface area contributed by atoms with Crippen LogP contribution in [0.2, 0.25) is 0 Å². The van der Waals surface area contributed by atoms with E-state index in [0.29, 0.717) is 23.5 Å². The van der Waals surface area contributed by atoms with Gasteiger partial charge in [0.15, 0.2) is 11.5 Å². The number of hydrogen-bond acceptors (Lipinski definition) is 5. The lowest BCUT2D eigenvalue weighted by Gasteiger charge is -2.14. The molecular formula is C20H20FNO5. The Morgan fingerprint density at radius 1 is 1.07 bits per heavy atom. The van der Waals surface area contributed by atoms with Crippen LogP contribution in [0.15, 0.2) is 36.4 Å². The summed E-state index contributed by atoms with van der Waals surface area (Å²) in [5.41, 5.74) is 0.924. The van der Waals surface area contributed by atoms with Crippen LogP contribution < -0.4 is 14.8 Å². The van der Waals surface area contributed by atoms with E-state index < -0.39 is 5.97 Å². The molecule has 1 aliphatic carbocycles. The van der Waals surface area contributed by atoms with Crippen molar-refractivity contribution in [1.82, 2.24) is 0 Å². The first-order valence-electron chi connectivity index (χ1n) is 8.39. The van der Waals surface area contributed by atoms with Crippen molar-refractivity contribution >= 4 is 17.6 Å². The van der Waals surface area contributed by atoms with E-state index >= 15 is 0 Å². The lowest BCUT2D eigenvalue weighted by Crippen LogP contribution is -2.18. The highest BCUT2D eigenvalue weighted by atomic mass is 19.1. The summed E-state index contributed by atoms with van der Waals surface area (Å²) in [5.74, 6) is -1.06. The van der Waals surface area contributed by atoms with Crippen LogP contribution in [-0.4, -0.2) is 33.2 Å². The molecule has 0 heterocycles. The van der Waals surface area contributed by atoms with Gasteiger partial charge in [0.05, 0.1) is 32.6 Å². The van der Waals surface area contributed by atoms with Gasteiger partial charge in [-0.15, -0.1) is 0 Å². The topological polar surface area (TPSA) is 73.9 Å². The molecule has 0 radical (unpaired) electrons. The zero-order chi connectivity index (χ0) is 19.6. The van der Waals surface area contributed by atoms with E-state index in [1.54, 1.807) is 18.2 Å². The van der Waals surface area contributed by atoms with Crippen molar-refractivity contribution in [3.63, 3.8) is 0 Å². The molecule has 1 aliphatic rings. The molecule has 1 fully saturated rings. The SMILES string of the molecule is COC(=O)c1cc(OC)c(OC)cc1NC(=O)[C@@H]1C[C@@H]1c1ccccc1F. The predicted octanol–water partition coefficient (Wildman–Crippen LogP) is 3.37. The van der Waals surface area contributed by atoms with Crippen LogP contribution >= 0.6 is 0 Å². The molecule has 27 heavy (non-hydrogen) atoms. The fourth-order valence-electron chi connectivity index (χ4n) is 3.09. The number of amides is 1. The van der Waals surface area contributed by atoms with Gasteiger partial charge in [0.2, 0.25) is 5.91 Å². The zero-order valence-corrected chi connectivity index (χ0v) is 15.2. The largest absolute Gasteiger partial charge is 0.493 e. The van der Waals surface area contributed by atoms with Crippen LogP contribution in [0.25, 0.3) is 0 Å². The number of benzene rings is 2. The number of nitrogens with one attached hydrogen (secondary N) is 1. The van der Waals surface area contributed by atoms with Crippen molar-refractivity contribution in [2.24, 2.45) is 5.92 Å². The van der Waals surface area contributed by atoms with Crippen LogP contribution in [0, 0.1) is 11.7 Å². The minimum atomic E-state index is -0.618. The summed E-state index contributed by atoms with van der Waals surface area (Å²) in [5, 5.41) is 2.74. The lowest BCUT2D eigenvalue weighted by molar-refractivity contribution is -0.117. The highest BCUT2D eigenvalue weighted by Gasteiger charge is 2.45. The summed E-state index contributed by atoms with van der Waals surface area (Å²) in [7, 11) is 4.15. The van der Waals surface area contributed by atoms with Crippen LogP contribution in [0.4, 0.5) is 10.1 Å². The maximum atomic E-state index is 13.9. The molecule has 7 heteroatoms. The molecule has 0 spiro atoms. The Morgan fingerprint density at radius 2 is 1.74 bits per heavy atom. The highest BCUT2D eigenvalue weighted by Crippen LogP contribution is 2.49. The second-order valence-corrected chi connectivity index (χ2v) is 6.20. The Bertz CT molecular complexity index is 883. The second kappa shape index (κ2) is 7.65. The van der Waals surface area contributed by atoms with Gasteiger partial charge in [-0.2, -0.15) is 0 Å². The Morgan fingerprint density at radius 3 is 2.37 bits per heavy atom. The molecule has 0 unspecified atom stereocenters. The summed E-state index contributed by atoms with van der Waals surface area (Å²) >= 11 is 0. The first kappa shape index (κ1) is 18.7. The van der Waals surface area contributed by atoms with Gasteiger partial charge < -0.3 is 19.5 Å². The van der Waals surface area contributed by atoms with Gasteiger partial charge in [-0.3, -0.25) is 4.79 Å². The maximum absolute atomic E-state index is 13.9. The third-order valence-corrected chi connectivity index (χ3v) is 4.62. The molecular weight excluding hydrogens is 353 g/mol. The van der Waals surface area contributed by atoms with Crippen LogP contribution in [0.3, 0.4) is 0 Å². The molecule has 2 aromatic carbocycles. The minimum absolute atomic E-state index is 0.145. The van der Waals surface area contributed by atoms with E-state index in [4.69, 9.17) is 14.2 Å². The van der Waals surface area contributed by atoms with Gasteiger partial charge in [0.1, 0.15) is 5.82 Å². The molecule has 0 saturated heterocycles. The van der Waals surface area contributed by atoms with E-state index in [1.807, 2.05) is 0 Å². The molecule has 1 amide bonds. The van der Waals surface area contributed by atoms with E-state index in [2.05, 4.69) is 5.32 Å². The molecule has 0 bridgehead atoms. The summed E-state index contributed by atoms with van der Waals surface area (Å²) in [6.45, 7) is 0. The maximum Gasteiger partial charge on any atom is 0.340 e. The first-order valence-corrected chi connectivity index (χ1v) is 8.39. The molecule has 0 aromatic heterocycles. The molecule has 0 aliphatic heterocycles. The Kier molecular flexibility index (Phi) is 5.30. The predicted molar refractivity (Wildman–Crippen MR) is 96.8 cm³/mol. The number of hydrogen-bond donors (Lipinski definition) is 1. The third-order valence-electron chi connectivity index (χ3n) is 4.62. The summed E-state index contributed by atoms with van der Waals surface area (Å²) < 4.78 is 29.1. The normalized spacial score (nSPS) is 17.8. The monoisotopic (exact) mass is 373 g/mol. The fraction of sp³-hybridized carbons (Fsp3) is 0.300. The molecule has 2 atom stereocenters. The van der Waals surface area contributed by atoms with Crippen LogP contribution in [-0.2, 0) is 9.53 Å². The second-order valence-electron chi connectivity index (χ2n) is 6.20. The number of anilines is 1. The van der Waals surface area contributed by atoms with Crippen molar-refractivity contribution in [2.75, 3.05) is 26.6 Å². The highest BCUT2D eigenvalue weighted by molar-refractivity contribution is 6.03. The number of rotatable bonds is 6. The number of carbonyl (C=O) groups is 2. The van der Waals surface area contributed by atoms with Crippen molar-refractivity contribution in [1.29, 1.82) is 0 Å². The molecule has 6 nitrogen and oxygen atoms in total. The third kappa shape index (κ3) is 3.72. The van der Waals surface area contributed by atoms with Gasteiger partial charge >= 0.3 is 5.97 Å². The number of halogens is 1. The van der Waals surface area contributed by atoms with Gasteiger partial charge in [-0.25, -0.2) is 9.18 Å². The van der Waals surface area contributed by atoms with Crippen LogP contribution in [0.5, 0.6) is 11.5 Å². The van der Waals surface area contributed by atoms with Gasteiger partial charge in [-0.1, -0.05) is 18.2 Å². The standard InChI is InChI=1S/C20H20FNO5/c1-25-17-9-14(20(24)27-3)16(10-18(17)26-2)22-19(23)13-8-12(13)11-6-4-5-7-15(11)21/h4-7,9-10,12-13H,8H2,1-3H3,(H,22,23)/t12-,13-/m1/s1. The average molecular weight is 373 g/mol. The smallest absolute Gasteiger partial charge is 0.340 e. The van der Waals surface area contributed by atoms with Crippen molar-refractivity contribution in [3.05, 3.63) is 53.3 Å². The molecule has 142 valence electrons. The van der Waals surface area contributed by atoms with E-state index in [0.717, 1.165) is 0 Å². The van der Waals surface area contributed by atoms with Gasteiger partial charge in [-0.05, 0) is 24.0 Å². The summed E-state index contributed by atoms with van der Waals surface area (Å²) in [6, 6.07) is 9.37. The van der Waals surface area contributed by atoms with Crippen molar-refractivity contribution < 1.29 is 28.2 Å². The molecule has 1 saturated carbocycles. The van der Waals surface area contributed by atoms with Gasteiger partial charge in [0, 0.05) is 18.1 Å². The number of esters is 1. The van der Waals surface area contributed by atoms with E-state index in [9.17, 15) is 14.0 Å². The number of ether oxygens (including phenoxy) is 3. The van der Waals surface area contributed by atoms with Crippen LogP contribution in [0.1, 0.15) is 28.3 Å². The summed E-state index contributed by atoms with van der Waals surface area (Å²) in [6.07, 6.45) is 0.549. The molecule has 3 rings (SSSR count). The van der Waals surface area contributed by atoms with Gasteiger partial charge in [0.25, 0.3) is 0 Å². The molecule has 2 aromatic rings. The Hall–Kier alpha value is -3.09. The van der Waals surface area contributed by atoms with E-state index in [1.165, 1.54) is 39.5 Å². The molecule has 1 N–H and O–H groups in total. The number of methoxy groups -OCH3 is 3. The summed E-state index contributed by atoms with van der Waals surface area (Å²) in [4.78, 5) is 24.7. The fourth-order valence-corrected chi connectivity index (χ4v) is 3.09. The minimum Gasteiger partial charge on any atom is -0.493 e. The average Bonchev–Trinajstić information content (AvgIpc) is 3.48. The Balaban J connectivity index is 1.83. The number of carbonyl (C=O) groups excluding carboxylic acids is 2.